The van der Waals surface area contributed by atoms with Gasteiger partial charge in [-0.05, 0) is 66.4 Å². The predicted octanol–water partition coefficient (Wildman–Crippen LogP) is 4.91. The summed E-state index contributed by atoms with van der Waals surface area (Å²) in [6.07, 6.45) is 2.88. The summed E-state index contributed by atoms with van der Waals surface area (Å²) in [7, 11) is -3.78. The van der Waals surface area contributed by atoms with E-state index in [1.165, 1.54) is 40.7 Å². The lowest BCUT2D eigenvalue weighted by Gasteiger charge is -2.22. The average Bonchev–Trinajstić information content (AvgIpc) is 2.75. The molecule has 0 aliphatic heterocycles. The normalized spacial score (nSPS) is 11.6. The van der Waals surface area contributed by atoms with Crippen molar-refractivity contribution in [2.45, 2.75) is 24.3 Å². The van der Waals surface area contributed by atoms with Crippen molar-refractivity contribution in [2.24, 2.45) is 0 Å². The first kappa shape index (κ1) is 23.2. The first-order valence-corrected chi connectivity index (χ1v) is 11.6. The van der Waals surface area contributed by atoms with Gasteiger partial charge in [0.1, 0.15) is 5.15 Å². The molecule has 0 amide bonds. The number of pyridine rings is 1. The lowest BCUT2D eigenvalue weighted by atomic mass is 10.1. The first-order valence-electron chi connectivity index (χ1n) is 9.44. The second kappa shape index (κ2) is 10.2. The van der Waals surface area contributed by atoms with Crippen LogP contribution in [0.5, 0.6) is 0 Å². The van der Waals surface area contributed by atoms with Crippen molar-refractivity contribution in [3.8, 4) is 0 Å². The van der Waals surface area contributed by atoms with Crippen LogP contribution in [-0.4, -0.2) is 35.3 Å². The number of aryl methyl sites for hydroxylation is 1. The number of nitrogens with zero attached hydrogens (tertiary/aromatic N) is 2. The Bertz CT molecular complexity index is 1130. The highest BCUT2D eigenvalue weighted by Crippen LogP contribution is 2.22. The number of rotatable bonds is 9. The highest BCUT2D eigenvalue weighted by molar-refractivity contribution is 7.89. The zero-order valence-corrected chi connectivity index (χ0v) is 18.7. The SMILES string of the molecule is O=C(O)c1ccc(CN(CCCc2ccc(Cl)nc2)S(=O)(=O)c2ccc(Cl)cc2)cc1. The van der Waals surface area contributed by atoms with Gasteiger partial charge < -0.3 is 5.11 Å². The molecule has 0 spiro atoms. The maximum absolute atomic E-state index is 13.3. The quantitative estimate of drug-likeness (QED) is 0.441. The molecular weight excluding hydrogens is 459 g/mol. The molecule has 3 aromatic rings. The van der Waals surface area contributed by atoms with E-state index in [2.05, 4.69) is 4.98 Å². The second-order valence-electron chi connectivity index (χ2n) is 6.89. The number of carboxylic acid groups (broad SMARTS) is 1. The largest absolute Gasteiger partial charge is 0.478 e. The van der Waals surface area contributed by atoms with Gasteiger partial charge in [-0.15, -0.1) is 0 Å². The summed E-state index contributed by atoms with van der Waals surface area (Å²) in [5, 5.41) is 9.92. The molecule has 0 aliphatic carbocycles. The van der Waals surface area contributed by atoms with Gasteiger partial charge in [0.15, 0.2) is 0 Å². The molecule has 0 fully saturated rings. The minimum absolute atomic E-state index is 0.115. The van der Waals surface area contributed by atoms with Crippen molar-refractivity contribution in [2.75, 3.05) is 6.54 Å². The average molecular weight is 479 g/mol. The number of carbonyl (C=O) groups is 1. The molecule has 2 aromatic carbocycles. The van der Waals surface area contributed by atoms with Crippen LogP contribution >= 0.6 is 23.2 Å². The fourth-order valence-corrected chi connectivity index (χ4v) is 4.71. The number of hydrogen-bond donors (Lipinski definition) is 1. The van der Waals surface area contributed by atoms with E-state index in [1.54, 1.807) is 24.4 Å². The molecule has 0 aliphatic rings. The molecule has 3 rings (SSSR count). The van der Waals surface area contributed by atoms with Gasteiger partial charge in [-0.2, -0.15) is 4.31 Å². The number of aromatic carboxylic acids is 1. The summed E-state index contributed by atoms with van der Waals surface area (Å²) in [6.45, 7) is 0.387. The number of halogens is 2. The molecule has 9 heteroatoms. The summed E-state index contributed by atoms with van der Waals surface area (Å²) >= 11 is 11.7. The molecule has 31 heavy (non-hydrogen) atoms. The summed E-state index contributed by atoms with van der Waals surface area (Å²) in [6, 6.07) is 15.7. The van der Waals surface area contributed by atoms with Crippen molar-refractivity contribution in [3.05, 3.63) is 93.7 Å². The van der Waals surface area contributed by atoms with Crippen molar-refractivity contribution in [1.29, 1.82) is 0 Å². The molecule has 0 saturated carbocycles. The van der Waals surface area contributed by atoms with Gasteiger partial charge in [0, 0.05) is 24.3 Å². The van der Waals surface area contributed by atoms with E-state index in [-0.39, 0.29) is 23.5 Å². The zero-order valence-electron chi connectivity index (χ0n) is 16.4. The Morgan fingerprint density at radius 3 is 2.16 bits per heavy atom. The monoisotopic (exact) mass is 478 g/mol. The lowest BCUT2D eigenvalue weighted by molar-refractivity contribution is 0.0697. The Balaban J connectivity index is 1.80. The van der Waals surface area contributed by atoms with Crippen molar-refractivity contribution in [1.82, 2.24) is 9.29 Å². The van der Waals surface area contributed by atoms with E-state index in [0.29, 0.717) is 28.6 Å². The first-order chi connectivity index (χ1) is 14.8. The molecular formula is C22H20Cl2N2O4S. The van der Waals surface area contributed by atoms with E-state index < -0.39 is 16.0 Å². The van der Waals surface area contributed by atoms with Gasteiger partial charge in [-0.3, -0.25) is 0 Å². The van der Waals surface area contributed by atoms with Crippen molar-refractivity contribution >= 4 is 39.2 Å². The maximum Gasteiger partial charge on any atom is 0.335 e. The van der Waals surface area contributed by atoms with Crippen LogP contribution in [-0.2, 0) is 23.0 Å². The predicted molar refractivity (Wildman–Crippen MR) is 120 cm³/mol. The third-order valence-corrected chi connectivity index (χ3v) is 7.01. The molecule has 0 radical (unpaired) electrons. The Kier molecular flexibility index (Phi) is 7.67. The highest BCUT2D eigenvalue weighted by atomic mass is 35.5. The zero-order chi connectivity index (χ0) is 22.4. The fourth-order valence-electron chi connectivity index (χ4n) is 3.01. The van der Waals surface area contributed by atoms with E-state index in [4.69, 9.17) is 28.3 Å². The van der Waals surface area contributed by atoms with Crippen LogP contribution < -0.4 is 0 Å². The second-order valence-corrected chi connectivity index (χ2v) is 9.65. The Labute approximate surface area is 191 Å². The van der Waals surface area contributed by atoms with Gasteiger partial charge in [0.25, 0.3) is 0 Å². The van der Waals surface area contributed by atoms with Crippen LogP contribution in [0.4, 0.5) is 0 Å². The minimum atomic E-state index is -3.78. The molecule has 162 valence electrons. The molecule has 1 aromatic heterocycles. The van der Waals surface area contributed by atoms with Crippen molar-refractivity contribution in [3.63, 3.8) is 0 Å². The summed E-state index contributed by atoms with van der Waals surface area (Å²) < 4.78 is 27.9. The van der Waals surface area contributed by atoms with E-state index >= 15 is 0 Å². The van der Waals surface area contributed by atoms with Crippen LogP contribution in [0.1, 0.15) is 27.9 Å². The summed E-state index contributed by atoms with van der Waals surface area (Å²) in [5.74, 6) is -1.03. The van der Waals surface area contributed by atoms with E-state index in [1.807, 2.05) is 6.07 Å². The van der Waals surface area contributed by atoms with Gasteiger partial charge in [0.05, 0.1) is 10.5 Å². The third kappa shape index (κ3) is 6.27. The fraction of sp³-hybridized carbons (Fsp3) is 0.182. The van der Waals surface area contributed by atoms with Crippen LogP contribution in [0.25, 0.3) is 0 Å². The van der Waals surface area contributed by atoms with Crippen LogP contribution in [0.2, 0.25) is 10.2 Å². The van der Waals surface area contributed by atoms with E-state index in [0.717, 1.165) is 5.56 Å². The molecule has 1 heterocycles. The minimum Gasteiger partial charge on any atom is -0.478 e. The van der Waals surface area contributed by atoms with Gasteiger partial charge >= 0.3 is 5.97 Å². The topological polar surface area (TPSA) is 87.6 Å². The highest BCUT2D eigenvalue weighted by Gasteiger charge is 2.24. The lowest BCUT2D eigenvalue weighted by Crippen LogP contribution is -2.32. The number of hydrogen-bond acceptors (Lipinski definition) is 4. The van der Waals surface area contributed by atoms with Crippen molar-refractivity contribution < 1.29 is 18.3 Å². The standard InChI is InChI=1S/C22H20Cl2N2O4S/c23-19-8-10-20(11-9-19)31(29,30)26(13-1-2-16-5-12-21(24)25-14-16)15-17-3-6-18(7-4-17)22(27)28/h3-12,14H,1-2,13,15H2,(H,27,28). The van der Waals surface area contributed by atoms with Gasteiger partial charge in [-0.25, -0.2) is 18.2 Å². The number of carboxylic acids is 1. The van der Waals surface area contributed by atoms with Crippen LogP contribution in [0, 0.1) is 0 Å². The molecule has 0 unspecified atom stereocenters. The van der Waals surface area contributed by atoms with Crippen LogP contribution in [0.3, 0.4) is 0 Å². The summed E-state index contributed by atoms with van der Waals surface area (Å²) in [5.41, 5.74) is 1.79. The number of benzene rings is 2. The summed E-state index contributed by atoms with van der Waals surface area (Å²) in [4.78, 5) is 15.3. The molecule has 0 saturated heterocycles. The van der Waals surface area contributed by atoms with Crippen LogP contribution in [0.15, 0.2) is 71.8 Å². The molecule has 0 atom stereocenters. The number of aromatic nitrogens is 1. The third-order valence-electron chi connectivity index (χ3n) is 4.67. The Morgan fingerprint density at radius 1 is 0.935 bits per heavy atom. The maximum atomic E-state index is 13.3. The number of sulfonamides is 1. The Hall–Kier alpha value is -2.45. The molecule has 1 N–H and O–H groups in total. The van der Waals surface area contributed by atoms with Gasteiger partial charge in [0.2, 0.25) is 10.0 Å². The smallest absolute Gasteiger partial charge is 0.335 e. The molecule has 6 nitrogen and oxygen atoms in total. The molecule has 0 bridgehead atoms. The van der Waals surface area contributed by atoms with Gasteiger partial charge in [-0.1, -0.05) is 41.4 Å². The Morgan fingerprint density at radius 2 is 1.58 bits per heavy atom. The van der Waals surface area contributed by atoms with E-state index in [9.17, 15) is 13.2 Å².